The Kier molecular flexibility index (Phi) is 3.48. The summed E-state index contributed by atoms with van der Waals surface area (Å²) in [6.45, 7) is 4.40. The average molecular weight is 184 g/mol. The van der Waals surface area contributed by atoms with Gasteiger partial charge in [-0.3, -0.25) is 0 Å². The van der Waals surface area contributed by atoms with Gasteiger partial charge >= 0.3 is 5.97 Å². The van der Waals surface area contributed by atoms with E-state index in [1.165, 1.54) is 0 Å². The summed E-state index contributed by atoms with van der Waals surface area (Å²) in [6, 6.07) is 0. The molecule has 3 nitrogen and oxygen atoms in total. The van der Waals surface area contributed by atoms with E-state index >= 15 is 0 Å². The Bertz CT molecular complexity index is 230. The van der Waals surface area contributed by atoms with E-state index in [1.54, 1.807) is 6.92 Å². The molecule has 0 aromatic rings. The first-order valence-electron chi connectivity index (χ1n) is 4.68. The van der Waals surface area contributed by atoms with Gasteiger partial charge in [-0.05, 0) is 26.2 Å². The van der Waals surface area contributed by atoms with Crippen molar-refractivity contribution in [2.45, 2.75) is 39.2 Å². The lowest BCUT2D eigenvalue weighted by atomic mass is 9.96. The summed E-state index contributed by atoms with van der Waals surface area (Å²) < 4.78 is 5.46. The minimum atomic E-state index is -0.799. The van der Waals surface area contributed by atoms with Crippen LogP contribution in [0.5, 0.6) is 0 Å². The summed E-state index contributed by atoms with van der Waals surface area (Å²) in [7, 11) is 0. The van der Waals surface area contributed by atoms with Gasteiger partial charge in [0.25, 0.3) is 0 Å². The molecule has 1 saturated heterocycles. The van der Waals surface area contributed by atoms with Gasteiger partial charge in [0, 0.05) is 5.57 Å². The van der Waals surface area contributed by atoms with E-state index in [0.29, 0.717) is 12.2 Å². The molecule has 0 bridgehead atoms. The van der Waals surface area contributed by atoms with Gasteiger partial charge in [-0.25, -0.2) is 4.79 Å². The number of ether oxygens (including phenoxy) is 1. The monoisotopic (exact) mass is 184 g/mol. The van der Waals surface area contributed by atoms with Crippen LogP contribution in [0.15, 0.2) is 11.1 Å². The SMILES string of the molecule is CCC1CC(=C(C)C(=O)O)CCO1. The molecule has 74 valence electrons. The Balaban J connectivity index is 2.70. The molecule has 0 aromatic carbocycles. The molecule has 1 heterocycles. The largest absolute Gasteiger partial charge is 0.478 e. The predicted molar refractivity (Wildman–Crippen MR) is 49.6 cm³/mol. The highest BCUT2D eigenvalue weighted by molar-refractivity contribution is 5.86. The second kappa shape index (κ2) is 4.42. The van der Waals surface area contributed by atoms with Gasteiger partial charge in [0.2, 0.25) is 0 Å². The molecule has 1 fully saturated rings. The lowest BCUT2D eigenvalue weighted by Crippen LogP contribution is -2.21. The average Bonchev–Trinajstić information content (AvgIpc) is 2.16. The molecule has 0 amide bonds. The molecule has 0 spiro atoms. The van der Waals surface area contributed by atoms with Gasteiger partial charge < -0.3 is 9.84 Å². The smallest absolute Gasteiger partial charge is 0.331 e. The molecular weight excluding hydrogens is 168 g/mol. The summed E-state index contributed by atoms with van der Waals surface area (Å²) in [5.74, 6) is -0.799. The third-order valence-corrected chi connectivity index (χ3v) is 2.54. The van der Waals surface area contributed by atoms with Gasteiger partial charge in [0.05, 0.1) is 12.7 Å². The lowest BCUT2D eigenvalue weighted by molar-refractivity contribution is -0.132. The van der Waals surface area contributed by atoms with Crippen LogP contribution >= 0.6 is 0 Å². The molecule has 1 N–H and O–H groups in total. The van der Waals surface area contributed by atoms with Crippen LogP contribution in [0.25, 0.3) is 0 Å². The normalized spacial score (nSPS) is 27.1. The molecule has 0 aromatic heterocycles. The zero-order chi connectivity index (χ0) is 9.84. The summed E-state index contributed by atoms with van der Waals surface area (Å²) in [5.41, 5.74) is 1.55. The second-order valence-corrected chi connectivity index (χ2v) is 3.39. The van der Waals surface area contributed by atoms with E-state index in [0.717, 1.165) is 24.8 Å². The Labute approximate surface area is 78.4 Å². The Morgan fingerprint density at radius 2 is 2.38 bits per heavy atom. The van der Waals surface area contributed by atoms with Crippen molar-refractivity contribution in [2.75, 3.05) is 6.61 Å². The summed E-state index contributed by atoms with van der Waals surface area (Å²) >= 11 is 0. The second-order valence-electron chi connectivity index (χ2n) is 3.39. The fourth-order valence-corrected chi connectivity index (χ4v) is 1.54. The number of hydrogen-bond donors (Lipinski definition) is 1. The Morgan fingerprint density at radius 3 is 2.92 bits per heavy atom. The van der Waals surface area contributed by atoms with E-state index in [4.69, 9.17) is 9.84 Å². The Hall–Kier alpha value is -0.830. The maximum Gasteiger partial charge on any atom is 0.331 e. The molecule has 0 saturated carbocycles. The van der Waals surface area contributed by atoms with Crippen molar-refractivity contribution in [3.63, 3.8) is 0 Å². The number of carbonyl (C=O) groups is 1. The molecule has 3 heteroatoms. The molecule has 1 atom stereocenters. The summed E-state index contributed by atoms with van der Waals surface area (Å²) in [6.07, 6.45) is 2.73. The minimum Gasteiger partial charge on any atom is -0.478 e. The minimum absolute atomic E-state index is 0.220. The van der Waals surface area contributed by atoms with Crippen molar-refractivity contribution in [3.05, 3.63) is 11.1 Å². The fourth-order valence-electron chi connectivity index (χ4n) is 1.54. The fraction of sp³-hybridized carbons (Fsp3) is 0.700. The van der Waals surface area contributed by atoms with Crippen molar-refractivity contribution in [1.82, 2.24) is 0 Å². The summed E-state index contributed by atoms with van der Waals surface area (Å²) in [5, 5.41) is 8.79. The zero-order valence-corrected chi connectivity index (χ0v) is 8.17. The first kappa shape index (κ1) is 10.3. The van der Waals surface area contributed by atoms with E-state index in [9.17, 15) is 4.79 Å². The number of rotatable bonds is 2. The summed E-state index contributed by atoms with van der Waals surface area (Å²) in [4.78, 5) is 10.7. The molecule has 1 aliphatic rings. The highest BCUT2D eigenvalue weighted by atomic mass is 16.5. The van der Waals surface area contributed by atoms with Crippen molar-refractivity contribution in [1.29, 1.82) is 0 Å². The van der Waals surface area contributed by atoms with E-state index in [2.05, 4.69) is 6.92 Å². The van der Waals surface area contributed by atoms with Crippen LogP contribution in [0, 0.1) is 0 Å². The third kappa shape index (κ3) is 2.56. The molecule has 1 rings (SSSR count). The van der Waals surface area contributed by atoms with Gasteiger partial charge in [-0.1, -0.05) is 12.5 Å². The first-order chi connectivity index (χ1) is 6.15. The molecule has 0 aliphatic carbocycles. The zero-order valence-electron chi connectivity index (χ0n) is 8.17. The van der Waals surface area contributed by atoms with Crippen LogP contribution in [0.1, 0.15) is 33.1 Å². The van der Waals surface area contributed by atoms with E-state index < -0.39 is 5.97 Å². The molecule has 13 heavy (non-hydrogen) atoms. The van der Waals surface area contributed by atoms with E-state index in [1.807, 2.05) is 0 Å². The maximum atomic E-state index is 10.7. The first-order valence-corrected chi connectivity index (χ1v) is 4.68. The van der Waals surface area contributed by atoms with Crippen LogP contribution in [0.2, 0.25) is 0 Å². The number of aliphatic carboxylic acids is 1. The highest BCUT2D eigenvalue weighted by Gasteiger charge is 2.19. The van der Waals surface area contributed by atoms with Crippen LogP contribution in [0.4, 0.5) is 0 Å². The molecule has 1 unspecified atom stereocenters. The molecule has 0 radical (unpaired) electrons. The molecule has 1 aliphatic heterocycles. The molecular formula is C10H16O3. The quantitative estimate of drug-likeness (QED) is 0.667. The Morgan fingerprint density at radius 1 is 1.69 bits per heavy atom. The number of carboxylic acids is 1. The number of carboxylic acid groups (broad SMARTS) is 1. The van der Waals surface area contributed by atoms with Gasteiger partial charge in [-0.2, -0.15) is 0 Å². The highest BCUT2D eigenvalue weighted by Crippen LogP contribution is 2.24. The standard InChI is InChI=1S/C10H16O3/c1-3-9-6-8(4-5-13-9)7(2)10(11)12/h9H,3-6H2,1-2H3,(H,11,12). The topological polar surface area (TPSA) is 46.5 Å². The van der Waals surface area contributed by atoms with Gasteiger partial charge in [-0.15, -0.1) is 0 Å². The predicted octanol–water partition coefficient (Wildman–Crippen LogP) is 1.98. The van der Waals surface area contributed by atoms with E-state index in [-0.39, 0.29) is 6.10 Å². The van der Waals surface area contributed by atoms with Crippen molar-refractivity contribution in [2.24, 2.45) is 0 Å². The maximum absolute atomic E-state index is 10.7. The third-order valence-electron chi connectivity index (χ3n) is 2.54. The van der Waals surface area contributed by atoms with Gasteiger partial charge in [0.15, 0.2) is 0 Å². The van der Waals surface area contributed by atoms with Crippen molar-refractivity contribution >= 4 is 5.97 Å². The van der Waals surface area contributed by atoms with Crippen LogP contribution in [-0.4, -0.2) is 23.8 Å². The van der Waals surface area contributed by atoms with Crippen molar-refractivity contribution < 1.29 is 14.6 Å². The van der Waals surface area contributed by atoms with Crippen molar-refractivity contribution in [3.8, 4) is 0 Å². The number of hydrogen-bond acceptors (Lipinski definition) is 2. The van der Waals surface area contributed by atoms with Crippen LogP contribution in [0.3, 0.4) is 0 Å². The lowest BCUT2D eigenvalue weighted by Gasteiger charge is -2.24. The van der Waals surface area contributed by atoms with Crippen LogP contribution in [-0.2, 0) is 9.53 Å². The van der Waals surface area contributed by atoms with Crippen LogP contribution < -0.4 is 0 Å². The van der Waals surface area contributed by atoms with Gasteiger partial charge in [0.1, 0.15) is 0 Å².